The molecule has 0 radical (unpaired) electrons. The highest BCUT2D eigenvalue weighted by Gasteiger charge is 2.31. The number of thiophene rings is 1. The van der Waals surface area contributed by atoms with E-state index in [0.717, 1.165) is 38.6 Å². The minimum atomic E-state index is -0.217. The molecular weight excluding hydrogens is 346 g/mol. The SMILES string of the molecule is CC(C)(C)C1CCC(OC(=O)CCC(=O)N2CCc3sccc3C2)CC1. The molecule has 0 unspecified atom stereocenters. The Labute approximate surface area is 160 Å². The first-order valence-electron chi connectivity index (χ1n) is 9.85. The van der Waals surface area contributed by atoms with Crippen molar-refractivity contribution in [3.8, 4) is 0 Å². The summed E-state index contributed by atoms with van der Waals surface area (Å²) >= 11 is 1.77. The molecular formula is C21H31NO3S. The fraction of sp³-hybridized carbons (Fsp3) is 0.714. The van der Waals surface area contributed by atoms with E-state index >= 15 is 0 Å². The van der Waals surface area contributed by atoms with Crippen LogP contribution in [0.15, 0.2) is 11.4 Å². The van der Waals surface area contributed by atoms with Crippen LogP contribution in [0.25, 0.3) is 0 Å². The fourth-order valence-electron chi connectivity index (χ4n) is 4.12. The molecule has 2 aliphatic rings. The van der Waals surface area contributed by atoms with Crippen LogP contribution in [-0.2, 0) is 27.3 Å². The van der Waals surface area contributed by atoms with Crippen molar-refractivity contribution < 1.29 is 14.3 Å². The average molecular weight is 378 g/mol. The maximum atomic E-state index is 12.4. The van der Waals surface area contributed by atoms with E-state index in [1.54, 1.807) is 11.3 Å². The van der Waals surface area contributed by atoms with Gasteiger partial charge in [0.1, 0.15) is 6.10 Å². The van der Waals surface area contributed by atoms with Gasteiger partial charge in [0.25, 0.3) is 0 Å². The number of amides is 1. The zero-order chi connectivity index (χ0) is 18.7. The molecule has 0 N–H and O–H groups in total. The van der Waals surface area contributed by atoms with E-state index in [2.05, 4.69) is 32.2 Å². The molecule has 1 aliphatic heterocycles. The van der Waals surface area contributed by atoms with Gasteiger partial charge in [0, 0.05) is 24.4 Å². The second kappa shape index (κ2) is 8.12. The van der Waals surface area contributed by atoms with Crippen molar-refractivity contribution >= 4 is 23.2 Å². The van der Waals surface area contributed by atoms with Gasteiger partial charge in [-0.1, -0.05) is 20.8 Å². The zero-order valence-electron chi connectivity index (χ0n) is 16.3. The molecule has 1 fully saturated rings. The van der Waals surface area contributed by atoms with Gasteiger partial charge in [-0.15, -0.1) is 11.3 Å². The zero-order valence-corrected chi connectivity index (χ0v) is 17.1. The number of rotatable bonds is 4. The maximum Gasteiger partial charge on any atom is 0.306 e. The van der Waals surface area contributed by atoms with Gasteiger partial charge in [0.2, 0.25) is 5.91 Å². The lowest BCUT2D eigenvalue weighted by molar-refractivity contribution is -0.153. The summed E-state index contributed by atoms with van der Waals surface area (Å²) in [5, 5.41) is 2.09. The molecule has 1 amide bonds. The topological polar surface area (TPSA) is 46.6 Å². The summed E-state index contributed by atoms with van der Waals surface area (Å²) < 4.78 is 5.63. The lowest BCUT2D eigenvalue weighted by Gasteiger charge is -2.36. The third-order valence-electron chi connectivity index (χ3n) is 5.90. The predicted molar refractivity (Wildman–Crippen MR) is 104 cm³/mol. The Bertz CT molecular complexity index is 638. The molecule has 3 rings (SSSR count). The van der Waals surface area contributed by atoms with E-state index in [1.165, 1.54) is 10.4 Å². The third-order valence-corrected chi connectivity index (χ3v) is 6.92. The summed E-state index contributed by atoms with van der Waals surface area (Å²) in [5.74, 6) is 0.557. The van der Waals surface area contributed by atoms with Crippen molar-refractivity contribution in [1.82, 2.24) is 4.90 Å². The first kappa shape index (κ1) is 19.4. The van der Waals surface area contributed by atoms with Crippen LogP contribution in [0, 0.1) is 11.3 Å². The van der Waals surface area contributed by atoms with E-state index in [9.17, 15) is 9.59 Å². The van der Waals surface area contributed by atoms with Crippen molar-refractivity contribution in [2.45, 2.75) is 78.4 Å². The maximum absolute atomic E-state index is 12.4. The number of hydrogen-bond acceptors (Lipinski definition) is 4. The molecule has 0 aromatic carbocycles. The molecule has 0 atom stereocenters. The Kier molecular flexibility index (Phi) is 6.06. The molecule has 1 aliphatic carbocycles. The molecule has 4 nitrogen and oxygen atoms in total. The smallest absolute Gasteiger partial charge is 0.306 e. The monoisotopic (exact) mass is 377 g/mol. The van der Waals surface area contributed by atoms with Crippen LogP contribution >= 0.6 is 11.3 Å². The van der Waals surface area contributed by atoms with E-state index in [1.807, 2.05) is 4.90 Å². The number of hydrogen-bond donors (Lipinski definition) is 0. The van der Waals surface area contributed by atoms with Crippen LogP contribution in [0.4, 0.5) is 0 Å². The summed E-state index contributed by atoms with van der Waals surface area (Å²) in [6.45, 7) is 8.31. The number of esters is 1. The number of fused-ring (bicyclic) bond motifs is 1. The summed E-state index contributed by atoms with van der Waals surface area (Å²) in [7, 11) is 0. The predicted octanol–water partition coefficient (Wildman–Crippen LogP) is 4.56. The fourth-order valence-corrected chi connectivity index (χ4v) is 5.01. The molecule has 5 heteroatoms. The lowest BCUT2D eigenvalue weighted by atomic mass is 9.72. The molecule has 1 saturated carbocycles. The van der Waals surface area contributed by atoms with Crippen LogP contribution in [0.1, 0.15) is 69.7 Å². The summed E-state index contributed by atoms with van der Waals surface area (Å²) in [6.07, 6.45) is 5.58. The average Bonchev–Trinajstić information content (AvgIpc) is 3.07. The molecule has 0 bridgehead atoms. The molecule has 144 valence electrons. The van der Waals surface area contributed by atoms with Gasteiger partial charge in [-0.2, -0.15) is 0 Å². The Morgan fingerprint density at radius 2 is 1.92 bits per heavy atom. The van der Waals surface area contributed by atoms with Crippen LogP contribution in [0.5, 0.6) is 0 Å². The van der Waals surface area contributed by atoms with E-state index in [4.69, 9.17) is 4.74 Å². The summed E-state index contributed by atoms with van der Waals surface area (Å²) in [5.41, 5.74) is 1.59. The third kappa shape index (κ3) is 4.87. The van der Waals surface area contributed by atoms with Crippen molar-refractivity contribution in [2.24, 2.45) is 11.3 Å². The first-order valence-corrected chi connectivity index (χ1v) is 10.7. The number of carbonyl (C=O) groups is 2. The Morgan fingerprint density at radius 3 is 2.62 bits per heavy atom. The second-order valence-electron chi connectivity index (χ2n) is 8.76. The van der Waals surface area contributed by atoms with Crippen LogP contribution in [0.3, 0.4) is 0 Å². The lowest BCUT2D eigenvalue weighted by Crippen LogP contribution is -2.35. The minimum absolute atomic E-state index is 0.0413. The number of ether oxygens (including phenoxy) is 1. The van der Waals surface area contributed by atoms with E-state index < -0.39 is 0 Å². The van der Waals surface area contributed by atoms with E-state index in [0.29, 0.717) is 17.9 Å². The number of carbonyl (C=O) groups excluding carboxylic acids is 2. The Morgan fingerprint density at radius 1 is 1.19 bits per heavy atom. The van der Waals surface area contributed by atoms with E-state index in [-0.39, 0.29) is 30.8 Å². The van der Waals surface area contributed by atoms with Gasteiger partial charge in [-0.3, -0.25) is 9.59 Å². The van der Waals surface area contributed by atoms with Gasteiger partial charge in [0.15, 0.2) is 0 Å². The number of nitrogens with zero attached hydrogens (tertiary/aromatic N) is 1. The van der Waals surface area contributed by atoms with Crippen molar-refractivity contribution in [3.63, 3.8) is 0 Å². The largest absolute Gasteiger partial charge is 0.462 e. The molecule has 26 heavy (non-hydrogen) atoms. The second-order valence-corrected chi connectivity index (χ2v) is 9.76. The molecule has 0 spiro atoms. The summed E-state index contributed by atoms with van der Waals surface area (Å²) in [4.78, 5) is 27.8. The summed E-state index contributed by atoms with van der Waals surface area (Å²) in [6, 6.07) is 2.10. The van der Waals surface area contributed by atoms with Crippen molar-refractivity contribution in [1.29, 1.82) is 0 Å². The van der Waals surface area contributed by atoms with Crippen LogP contribution in [0.2, 0.25) is 0 Å². The molecule has 1 aromatic heterocycles. The Balaban J connectivity index is 1.38. The molecule has 2 heterocycles. The van der Waals surface area contributed by atoms with Gasteiger partial charge in [0.05, 0.1) is 6.42 Å². The van der Waals surface area contributed by atoms with Crippen molar-refractivity contribution in [3.05, 3.63) is 21.9 Å². The standard InChI is InChI=1S/C21H31NO3S/c1-21(2,3)16-4-6-17(7-5-16)25-20(24)9-8-19(23)22-12-10-18-15(14-22)11-13-26-18/h11,13,16-17H,4-10,12,14H2,1-3H3. The quantitative estimate of drug-likeness (QED) is 0.723. The normalized spacial score (nSPS) is 23.4. The highest BCUT2D eigenvalue weighted by Crippen LogP contribution is 2.38. The van der Waals surface area contributed by atoms with Crippen LogP contribution in [-0.4, -0.2) is 29.4 Å². The van der Waals surface area contributed by atoms with Crippen molar-refractivity contribution in [2.75, 3.05) is 6.54 Å². The van der Waals surface area contributed by atoms with Gasteiger partial charge >= 0.3 is 5.97 Å². The molecule has 0 saturated heterocycles. The highest BCUT2D eigenvalue weighted by molar-refractivity contribution is 7.10. The highest BCUT2D eigenvalue weighted by atomic mass is 32.1. The van der Waals surface area contributed by atoms with Gasteiger partial charge in [-0.25, -0.2) is 0 Å². The Hall–Kier alpha value is -1.36. The first-order chi connectivity index (χ1) is 12.3. The molecule has 1 aromatic rings. The van der Waals surface area contributed by atoms with Gasteiger partial charge in [-0.05, 0) is 60.4 Å². The van der Waals surface area contributed by atoms with Crippen LogP contribution < -0.4 is 0 Å². The minimum Gasteiger partial charge on any atom is -0.462 e. The van der Waals surface area contributed by atoms with Gasteiger partial charge < -0.3 is 9.64 Å².